The average molecular weight is 242 g/mol. The van der Waals surface area contributed by atoms with Crippen LogP contribution < -0.4 is 5.32 Å². The Bertz CT molecular complexity index is 427. The lowest BCUT2D eigenvalue weighted by Crippen LogP contribution is -2.13. The molecule has 1 heterocycles. The summed E-state index contributed by atoms with van der Waals surface area (Å²) in [6.45, 7) is 1.38. The quantitative estimate of drug-likeness (QED) is 0.755. The molecule has 7 heteroatoms. The molecule has 1 amide bonds. The van der Waals surface area contributed by atoms with Gasteiger partial charge in [-0.3, -0.25) is 14.4 Å². The SMILES string of the molecule is CC(=O)c1csc(NC(=O)CCC(=O)O)n1. The first-order valence-corrected chi connectivity index (χ1v) is 5.35. The zero-order valence-corrected chi connectivity index (χ0v) is 9.34. The standard InChI is InChI=1S/C9H10N2O4S/c1-5(12)6-4-16-9(10-6)11-7(13)2-3-8(14)15/h4H,2-3H2,1H3,(H,14,15)(H,10,11,13). The van der Waals surface area contributed by atoms with Crippen molar-refractivity contribution in [3.8, 4) is 0 Å². The predicted octanol–water partition coefficient (Wildman–Crippen LogP) is 1.15. The largest absolute Gasteiger partial charge is 0.481 e. The molecule has 1 aromatic heterocycles. The van der Waals surface area contributed by atoms with Crippen molar-refractivity contribution in [1.82, 2.24) is 4.98 Å². The third-order valence-corrected chi connectivity index (χ3v) is 2.43. The maximum atomic E-state index is 11.2. The number of anilines is 1. The van der Waals surface area contributed by atoms with Gasteiger partial charge in [0.2, 0.25) is 5.91 Å². The highest BCUT2D eigenvalue weighted by Gasteiger charge is 2.10. The molecule has 0 bridgehead atoms. The van der Waals surface area contributed by atoms with Crippen LogP contribution in [0.1, 0.15) is 30.3 Å². The van der Waals surface area contributed by atoms with Crippen LogP contribution in [-0.4, -0.2) is 27.8 Å². The van der Waals surface area contributed by atoms with Crippen molar-refractivity contribution in [2.45, 2.75) is 19.8 Å². The van der Waals surface area contributed by atoms with E-state index in [9.17, 15) is 14.4 Å². The van der Waals surface area contributed by atoms with Gasteiger partial charge in [0.1, 0.15) is 5.69 Å². The fourth-order valence-corrected chi connectivity index (χ4v) is 1.66. The summed E-state index contributed by atoms with van der Waals surface area (Å²) in [5, 5.41) is 12.6. The number of carboxylic acid groups (broad SMARTS) is 1. The number of carbonyl (C=O) groups excluding carboxylic acids is 2. The van der Waals surface area contributed by atoms with E-state index in [4.69, 9.17) is 5.11 Å². The molecule has 0 aliphatic heterocycles. The molecule has 0 fully saturated rings. The van der Waals surface area contributed by atoms with Crippen LogP contribution in [0.25, 0.3) is 0 Å². The smallest absolute Gasteiger partial charge is 0.303 e. The number of Topliss-reactive ketones (excluding diaryl/α,β-unsaturated/α-hetero) is 1. The molecule has 6 nitrogen and oxygen atoms in total. The monoisotopic (exact) mass is 242 g/mol. The maximum absolute atomic E-state index is 11.2. The normalized spacial score (nSPS) is 9.81. The van der Waals surface area contributed by atoms with Crippen LogP contribution in [0.3, 0.4) is 0 Å². The van der Waals surface area contributed by atoms with E-state index in [1.54, 1.807) is 0 Å². The molecule has 0 unspecified atom stereocenters. The number of carbonyl (C=O) groups is 3. The number of rotatable bonds is 5. The fourth-order valence-electron chi connectivity index (χ4n) is 0.895. The summed E-state index contributed by atoms with van der Waals surface area (Å²) in [5.74, 6) is -1.63. The zero-order chi connectivity index (χ0) is 12.1. The number of amides is 1. The lowest BCUT2D eigenvalue weighted by Gasteiger charge is -1.98. The van der Waals surface area contributed by atoms with Crippen LogP contribution in [0.15, 0.2) is 5.38 Å². The van der Waals surface area contributed by atoms with Crippen LogP contribution >= 0.6 is 11.3 Å². The van der Waals surface area contributed by atoms with Crippen LogP contribution in [0.5, 0.6) is 0 Å². The van der Waals surface area contributed by atoms with Gasteiger partial charge in [-0.1, -0.05) is 0 Å². The molecule has 1 aromatic rings. The summed E-state index contributed by atoms with van der Waals surface area (Å²) in [7, 11) is 0. The fraction of sp³-hybridized carbons (Fsp3) is 0.333. The molecule has 0 spiro atoms. The van der Waals surface area contributed by atoms with Crippen LogP contribution in [0, 0.1) is 0 Å². The van der Waals surface area contributed by atoms with Gasteiger partial charge in [0.05, 0.1) is 6.42 Å². The number of nitrogens with one attached hydrogen (secondary N) is 1. The average Bonchev–Trinajstić information content (AvgIpc) is 2.63. The second kappa shape index (κ2) is 5.36. The van der Waals surface area contributed by atoms with Crippen molar-refractivity contribution in [2.75, 3.05) is 5.32 Å². The Morgan fingerprint density at radius 2 is 2.12 bits per heavy atom. The Morgan fingerprint density at radius 3 is 2.62 bits per heavy atom. The van der Waals surface area contributed by atoms with E-state index in [1.807, 2.05) is 0 Å². The van der Waals surface area contributed by atoms with Crippen LogP contribution in [0.4, 0.5) is 5.13 Å². The van der Waals surface area contributed by atoms with E-state index in [1.165, 1.54) is 12.3 Å². The molecule has 0 saturated heterocycles. The van der Waals surface area contributed by atoms with Crippen molar-refractivity contribution in [1.29, 1.82) is 0 Å². The predicted molar refractivity (Wildman–Crippen MR) is 57.6 cm³/mol. The van der Waals surface area contributed by atoms with Gasteiger partial charge < -0.3 is 10.4 Å². The van der Waals surface area contributed by atoms with Gasteiger partial charge in [0.15, 0.2) is 10.9 Å². The van der Waals surface area contributed by atoms with Crippen molar-refractivity contribution in [2.24, 2.45) is 0 Å². The van der Waals surface area contributed by atoms with E-state index in [0.29, 0.717) is 10.8 Å². The van der Waals surface area contributed by atoms with E-state index in [-0.39, 0.29) is 18.6 Å². The Hall–Kier alpha value is -1.76. The van der Waals surface area contributed by atoms with Gasteiger partial charge in [-0.25, -0.2) is 4.98 Å². The molecule has 0 aliphatic carbocycles. The van der Waals surface area contributed by atoms with Gasteiger partial charge in [-0.2, -0.15) is 0 Å². The molecule has 0 radical (unpaired) electrons. The van der Waals surface area contributed by atoms with E-state index < -0.39 is 11.9 Å². The topological polar surface area (TPSA) is 96.4 Å². The molecular weight excluding hydrogens is 232 g/mol. The summed E-state index contributed by atoms with van der Waals surface area (Å²) in [5.41, 5.74) is 0.290. The molecule has 86 valence electrons. The lowest BCUT2D eigenvalue weighted by molar-refractivity contribution is -0.138. The number of carboxylic acids is 1. The molecule has 0 aliphatic rings. The second-order valence-electron chi connectivity index (χ2n) is 3.04. The Labute approximate surface area is 95.3 Å². The first kappa shape index (κ1) is 12.3. The molecule has 2 N–H and O–H groups in total. The molecule has 1 rings (SSSR count). The minimum Gasteiger partial charge on any atom is -0.481 e. The van der Waals surface area contributed by atoms with Gasteiger partial charge in [-0.15, -0.1) is 11.3 Å². The third kappa shape index (κ3) is 3.77. The highest BCUT2D eigenvalue weighted by Crippen LogP contribution is 2.15. The highest BCUT2D eigenvalue weighted by atomic mass is 32.1. The number of thiazole rings is 1. The third-order valence-electron chi connectivity index (χ3n) is 1.68. The zero-order valence-electron chi connectivity index (χ0n) is 8.52. The second-order valence-corrected chi connectivity index (χ2v) is 3.89. The van der Waals surface area contributed by atoms with E-state index in [0.717, 1.165) is 11.3 Å². The molecule has 0 atom stereocenters. The first-order valence-electron chi connectivity index (χ1n) is 4.47. The number of nitrogens with zero attached hydrogens (tertiary/aromatic N) is 1. The van der Waals surface area contributed by atoms with Gasteiger partial charge in [-0.05, 0) is 0 Å². The van der Waals surface area contributed by atoms with Crippen LogP contribution in [-0.2, 0) is 9.59 Å². The Balaban J connectivity index is 2.49. The minimum absolute atomic E-state index is 0.107. The maximum Gasteiger partial charge on any atom is 0.303 e. The van der Waals surface area contributed by atoms with Gasteiger partial charge in [0, 0.05) is 18.7 Å². The summed E-state index contributed by atoms with van der Waals surface area (Å²) in [6, 6.07) is 0. The van der Waals surface area contributed by atoms with E-state index >= 15 is 0 Å². The van der Waals surface area contributed by atoms with Gasteiger partial charge in [0.25, 0.3) is 0 Å². The number of ketones is 1. The number of hydrogen-bond acceptors (Lipinski definition) is 5. The first-order chi connectivity index (χ1) is 7.49. The summed E-state index contributed by atoms with van der Waals surface area (Å²) in [4.78, 5) is 36.2. The molecule has 0 saturated carbocycles. The van der Waals surface area contributed by atoms with Crippen molar-refractivity contribution in [3.05, 3.63) is 11.1 Å². The number of aliphatic carboxylic acids is 1. The van der Waals surface area contributed by atoms with Crippen molar-refractivity contribution < 1.29 is 19.5 Å². The van der Waals surface area contributed by atoms with Crippen molar-refractivity contribution in [3.63, 3.8) is 0 Å². The summed E-state index contributed by atoms with van der Waals surface area (Å²) in [6.07, 6.45) is -0.332. The summed E-state index contributed by atoms with van der Waals surface area (Å²) < 4.78 is 0. The van der Waals surface area contributed by atoms with Crippen LogP contribution in [0.2, 0.25) is 0 Å². The molecule has 0 aromatic carbocycles. The van der Waals surface area contributed by atoms with Crippen molar-refractivity contribution >= 4 is 34.1 Å². The Morgan fingerprint density at radius 1 is 1.44 bits per heavy atom. The lowest BCUT2D eigenvalue weighted by atomic mass is 10.3. The van der Waals surface area contributed by atoms with E-state index in [2.05, 4.69) is 10.3 Å². The molecule has 16 heavy (non-hydrogen) atoms. The number of aromatic nitrogens is 1. The minimum atomic E-state index is -1.03. The molecular formula is C9H10N2O4S. The summed E-state index contributed by atoms with van der Waals surface area (Å²) >= 11 is 1.13. The Kier molecular flexibility index (Phi) is 4.12. The number of hydrogen-bond donors (Lipinski definition) is 2. The van der Waals surface area contributed by atoms with Gasteiger partial charge >= 0.3 is 5.97 Å². The highest BCUT2D eigenvalue weighted by molar-refractivity contribution is 7.14.